The third-order valence-electron chi connectivity index (χ3n) is 4.44. The number of carbonyl (C=O) groups is 1. The molecule has 0 radical (unpaired) electrons. The van der Waals surface area contributed by atoms with Gasteiger partial charge in [-0.3, -0.25) is 4.79 Å². The number of rotatable bonds is 5. The van der Waals surface area contributed by atoms with Crippen molar-refractivity contribution < 1.29 is 4.79 Å². The summed E-state index contributed by atoms with van der Waals surface area (Å²) in [5, 5.41) is 0.0132. The standard InChI is InChI=1S/C17H26N2OS.ClH/c1-3-15(21-14-8-6-5-7-9-14)16(20)19-12-10-17(18,4-2)11-13-19;/h5-9,15H,3-4,10-13,18H2,1-2H3;1H/t15-;/m0./s1. The third-order valence-corrected chi connectivity index (χ3v) is 5.81. The van der Waals surface area contributed by atoms with Crippen LogP contribution in [-0.4, -0.2) is 34.7 Å². The molecular weight excluding hydrogens is 316 g/mol. The zero-order valence-corrected chi connectivity index (χ0v) is 15.1. The number of halogens is 1. The monoisotopic (exact) mass is 342 g/mol. The van der Waals surface area contributed by atoms with Crippen LogP contribution in [-0.2, 0) is 4.79 Å². The van der Waals surface area contributed by atoms with Gasteiger partial charge in [0.2, 0.25) is 5.91 Å². The average molecular weight is 343 g/mol. The van der Waals surface area contributed by atoms with Crippen LogP contribution in [0.2, 0.25) is 0 Å². The minimum atomic E-state index is -0.0644. The lowest BCUT2D eigenvalue weighted by molar-refractivity contribution is -0.132. The summed E-state index contributed by atoms with van der Waals surface area (Å²) < 4.78 is 0. The lowest BCUT2D eigenvalue weighted by Gasteiger charge is -2.39. The molecule has 1 aliphatic heterocycles. The van der Waals surface area contributed by atoms with Gasteiger partial charge in [-0.2, -0.15) is 0 Å². The fourth-order valence-electron chi connectivity index (χ4n) is 2.70. The van der Waals surface area contributed by atoms with Crippen LogP contribution in [0.1, 0.15) is 39.5 Å². The number of nitrogens with zero attached hydrogens (tertiary/aromatic N) is 1. The second kappa shape index (κ2) is 8.80. The Morgan fingerprint density at radius 3 is 2.36 bits per heavy atom. The third kappa shape index (κ3) is 4.90. The number of piperidine rings is 1. The molecule has 1 heterocycles. The van der Waals surface area contributed by atoms with Gasteiger partial charge in [0.15, 0.2) is 0 Å². The largest absolute Gasteiger partial charge is 0.342 e. The van der Waals surface area contributed by atoms with E-state index in [2.05, 4.69) is 26.0 Å². The summed E-state index contributed by atoms with van der Waals surface area (Å²) in [6, 6.07) is 10.2. The predicted molar refractivity (Wildman–Crippen MR) is 96.6 cm³/mol. The summed E-state index contributed by atoms with van der Waals surface area (Å²) in [7, 11) is 0. The molecule has 124 valence electrons. The molecule has 0 spiro atoms. The molecule has 3 nitrogen and oxygen atoms in total. The Morgan fingerprint density at radius 1 is 1.27 bits per heavy atom. The Hall–Kier alpha value is -0.710. The van der Waals surface area contributed by atoms with E-state index < -0.39 is 0 Å². The molecule has 2 N–H and O–H groups in total. The molecule has 0 bridgehead atoms. The van der Waals surface area contributed by atoms with Gasteiger partial charge in [0.1, 0.15) is 0 Å². The fraction of sp³-hybridized carbons (Fsp3) is 0.588. The number of benzene rings is 1. The van der Waals surface area contributed by atoms with E-state index in [4.69, 9.17) is 5.73 Å². The van der Waals surface area contributed by atoms with Crippen LogP contribution >= 0.6 is 24.2 Å². The van der Waals surface area contributed by atoms with E-state index >= 15 is 0 Å². The lowest BCUT2D eigenvalue weighted by atomic mass is 9.86. The molecule has 1 saturated heterocycles. The molecule has 0 aromatic heterocycles. The van der Waals surface area contributed by atoms with Crippen molar-refractivity contribution >= 4 is 30.1 Å². The number of thioether (sulfide) groups is 1. The zero-order valence-electron chi connectivity index (χ0n) is 13.5. The zero-order chi connectivity index (χ0) is 15.3. The average Bonchev–Trinajstić information content (AvgIpc) is 2.54. The molecule has 5 heteroatoms. The van der Waals surface area contributed by atoms with Crippen LogP contribution in [0.15, 0.2) is 35.2 Å². The lowest BCUT2D eigenvalue weighted by Crippen LogP contribution is -2.52. The Bertz CT molecular complexity index is 461. The topological polar surface area (TPSA) is 46.3 Å². The van der Waals surface area contributed by atoms with Crippen LogP contribution in [0.3, 0.4) is 0 Å². The Balaban J connectivity index is 0.00000242. The van der Waals surface area contributed by atoms with Crippen molar-refractivity contribution in [3.05, 3.63) is 30.3 Å². The smallest absolute Gasteiger partial charge is 0.236 e. The van der Waals surface area contributed by atoms with Gasteiger partial charge in [0.05, 0.1) is 5.25 Å². The minimum absolute atomic E-state index is 0. The second-order valence-electron chi connectivity index (χ2n) is 5.87. The SMILES string of the molecule is CC[C@H](Sc1ccccc1)C(=O)N1CCC(N)(CC)CC1.Cl. The first-order valence-electron chi connectivity index (χ1n) is 7.87. The summed E-state index contributed by atoms with van der Waals surface area (Å²) in [5.41, 5.74) is 6.25. The number of amides is 1. The maximum atomic E-state index is 12.7. The minimum Gasteiger partial charge on any atom is -0.342 e. The second-order valence-corrected chi connectivity index (χ2v) is 7.15. The maximum absolute atomic E-state index is 12.7. The normalized spacial score (nSPS) is 18.4. The molecule has 2 rings (SSSR count). The van der Waals surface area contributed by atoms with E-state index in [1.165, 1.54) is 0 Å². The number of likely N-dealkylation sites (tertiary alicyclic amines) is 1. The quantitative estimate of drug-likeness (QED) is 0.830. The van der Waals surface area contributed by atoms with E-state index in [1.54, 1.807) is 11.8 Å². The number of hydrogen-bond acceptors (Lipinski definition) is 3. The van der Waals surface area contributed by atoms with Crippen LogP contribution < -0.4 is 5.73 Å². The van der Waals surface area contributed by atoms with Gasteiger partial charge in [0.25, 0.3) is 0 Å². The van der Waals surface area contributed by atoms with Crippen molar-refractivity contribution in [2.24, 2.45) is 5.73 Å². The summed E-state index contributed by atoms with van der Waals surface area (Å²) in [4.78, 5) is 15.9. The van der Waals surface area contributed by atoms with Crippen molar-refractivity contribution in [2.75, 3.05) is 13.1 Å². The highest BCUT2D eigenvalue weighted by molar-refractivity contribution is 8.00. The highest BCUT2D eigenvalue weighted by Crippen LogP contribution is 2.29. The van der Waals surface area contributed by atoms with Gasteiger partial charge in [-0.15, -0.1) is 24.2 Å². The first kappa shape index (κ1) is 19.3. The number of nitrogens with two attached hydrogens (primary N) is 1. The van der Waals surface area contributed by atoms with Crippen LogP contribution in [0.5, 0.6) is 0 Å². The van der Waals surface area contributed by atoms with Crippen LogP contribution in [0.25, 0.3) is 0 Å². The van der Waals surface area contributed by atoms with Crippen molar-refractivity contribution in [1.82, 2.24) is 4.90 Å². The van der Waals surface area contributed by atoms with Crippen molar-refractivity contribution in [1.29, 1.82) is 0 Å². The fourth-order valence-corrected chi connectivity index (χ4v) is 3.76. The van der Waals surface area contributed by atoms with E-state index in [9.17, 15) is 4.79 Å². The Morgan fingerprint density at radius 2 is 1.86 bits per heavy atom. The van der Waals surface area contributed by atoms with Gasteiger partial charge in [-0.25, -0.2) is 0 Å². The molecule has 1 aromatic rings. The Kier molecular flexibility index (Phi) is 7.74. The van der Waals surface area contributed by atoms with Crippen molar-refractivity contribution in [3.63, 3.8) is 0 Å². The summed E-state index contributed by atoms with van der Waals surface area (Å²) >= 11 is 1.67. The van der Waals surface area contributed by atoms with Crippen molar-refractivity contribution in [2.45, 2.75) is 55.2 Å². The van der Waals surface area contributed by atoms with Gasteiger partial charge in [0, 0.05) is 23.5 Å². The Labute approximate surface area is 144 Å². The predicted octanol–water partition coefficient (Wildman–Crippen LogP) is 3.71. The molecule has 22 heavy (non-hydrogen) atoms. The summed E-state index contributed by atoms with van der Waals surface area (Å²) in [5.74, 6) is 0.268. The molecule has 0 unspecified atom stereocenters. The number of hydrogen-bond donors (Lipinski definition) is 1. The van der Waals surface area contributed by atoms with Gasteiger partial charge in [-0.1, -0.05) is 32.0 Å². The highest BCUT2D eigenvalue weighted by atomic mass is 35.5. The summed E-state index contributed by atoms with van der Waals surface area (Å²) in [6.45, 7) is 5.82. The van der Waals surface area contributed by atoms with Gasteiger partial charge >= 0.3 is 0 Å². The first-order valence-corrected chi connectivity index (χ1v) is 8.75. The first-order chi connectivity index (χ1) is 10.1. The van der Waals surface area contributed by atoms with Crippen LogP contribution in [0, 0.1) is 0 Å². The highest BCUT2D eigenvalue weighted by Gasteiger charge is 2.33. The molecule has 1 atom stereocenters. The van der Waals surface area contributed by atoms with E-state index in [1.807, 2.05) is 23.1 Å². The van der Waals surface area contributed by atoms with E-state index in [0.29, 0.717) is 0 Å². The van der Waals surface area contributed by atoms with Crippen LogP contribution in [0.4, 0.5) is 0 Å². The van der Waals surface area contributed by atoms with E-state index in [0.717, 1.165) is 43.7 Å². The number of carbonyl (C=O) groups excluding carboxylic acids is 1. The molecule has 1 fully saturated rings. The molecule has 1 aromatic carbocycles. The molecule has 1 amide bonds. The van der Waals surface area contributed by atoms with Crippen molar-refractivity contribution in [3.8, 4) is 0 Å². The maximum Gasteiger partial charge on any atom is 0.236 e. The molecular formula is C17H27ClN2OS. The van der Waals surface area contributed by atoms with Gasteiger partial charge < -0.3 is 10.6 Å². The van der Waals surface area contributed by atoms with E-state index in [-0.39, 0.29) is 29.1 Å². The van der Waals surface area contributed by atoms with Gasteiger partial charge in [-0.05, 0) is 37.8 Å². The summed E-state index contributed by atoms with van der Waals surface area (Å²) in [6.07, 6.45) is 3.69. The molecule has 0 aliphatic carbocycles. The molecule has 1 aliphatic rings. The molecule has 0 saturated carbocycles.